The number of hydrogen-bond donors (Lipinski definition) is 1. The summed E-state index contributed by atoms with van der Waals surface area (Å²) >= 11 is 0. The number of ketones is 1. The number of carbonyl (C=O) groups is 1. The fraction of sp³-hybridized carbons (Fsp3) is 0.417. The highest BCUT2D eigenvalue weighted by Crippen LogP contribution is 2.36. The van der Waals surface area contributed by atoms with Gasteiger partial charge in [-0.3, -0.25) is 4.79 Å². The van der Waals surface area contributed by atoms with E-state index < -0.39 is 0 Å². The second kappa shape index (κ2) is 3.12. The Morgan fingerprint density at radius 3 is 2.57 bits per heavy atom. The molecule has 1 saturated carbocycles. The van der Waals surface area contributed by atoms with Gasteiger partial charge in [0.05, 0.1) is 5.56 Å². The van der Waals surface area contributed by atoms with Crippen molar-refractivity contribution in [1.29, 1.82) is 0 Å². The van der Waals surface area contributed by atoms with Crippen molar-refractivity contribution < 1.29 is 9.90 Å². The van der Waals surface area contributed by atoms with Gasteiger partial charge in [0.15, 0.2) is 5.78 Å². The maximum Gasteiger partial charge on any atom is 0.169 e. The van der Waals surface area contributed by atoms with Gasteiger partial charge in [-0.1, -0.05) is 6.07 Å². The topological polar surface area (TPSA) is 37.3 Å². The minimum atomic E-state index is 0.106. The average molecular weight is 190 g/mol. The fourth-order valence-corrected chi connectivity index (χ4v) is 1.71. The Balaban J connectivity index is 2.45. The summed E-state index contributed by atoms with van der Waals surface area (Å²) in [6.45, 7) is 3.77. The van der Waals surface area contributed by atoms with Gasteiger partial charge in [0, 0.05) is 5.92 Å². The number of phenolic OH excluding ortho intramolecular Hbond substituents is 1. The van der Waals surface area contributed by atoms with Crippen LogP contribution in [0.25, 0.3) is 0 Å². The molecule has 1 N–H and O–H groups in total. The van der Waals surface area contributed by atoms with Crippen LogP contribution in [0.4, 0.5) is 0 Å². The van der Waals surface area contributed by atoms with Crippen molar-refractivity contribution in [2.75, 3.05) is 0 Å². The van der Waals surface area contributed by atoms with E-state index in [9.17, 15) is 9.90 Å². The molecule has 0 aliphatic heterocycles. The highest BCUT2D eigenvalue weighted by molar-refractivity contribution is 6.02. The predicted molar refractivity (Wildman–Crippen MR) is 54.6 cm³/mol. The molecule has 0 radical (unpaired) electrons. The van der Waals surface area contributed by atoms with Crippen molar-refractivity contribution in [1.82, 2.24) is 0 Å². The molecule has 0 aromatic heterocycles. The molecular formula is C12H14O2. The van der Waals surface area contributed by atoms with Crippen molar-refractivity contribution >= 4 is 5.78 Å². The standard InChI is InChI=1S/C12H14O2/c1-7-5-8(2)11(13)10(6-7)12(14)9-3-4-9/h5-6,9,13H,3-4H2,1-2H3. The van der Waals surface area contributed by atoms with Crippen LogP contribution in [0.3, 0.4) is 0 Å². The zero-order valence-electron chi connectivity index (χ0n) is 8.50. The lowest BCUT2D eigenvalue weighted by molar-refractivity contribution is 0.0965. The summed E-state index contributed by atoms with van der Waals surface area (Å²) < 4.78 is 0. The van der Waals surface area contributed by atoms with Crippen molar-refractivity contribution in [2.24, 2.45) is 5.92 Å². The molecule has 1 fully saturated rings. The van der Waals surface area contributed by atoms with Gasteiger partial charge in [-0.2, -0.15) is 0 Å². The number of benzene rings is 1. The van der Waals surface area contributed by atoms with Crippen molar-refractivity contribution in [2.45, 2.75) is 26.7 Å². The van der Waals surface area contributed by atoms with Crippen LogP contribution >= 0.6 is 0 Å². The van der Waals surface area contributed by atoms with Crippen LogP contribution in [0.2, 0.25) is 0 Å². The highest BCUT2D eigenvalue weighted by Gasteiger charge is 2.32. The van der Waals surface area contributed by atoms with Gasteiger partial charge in [0.1, 0.15) is 5.75 Å². The molecule has 74 valence electrons. The summed E-state index contributed by atoms with van der Waals surface area (Å²) in [7, 11) is 0. The van der Waals surface area contributed by atoms with Gasteiger partial charge < -0.3 is 5.11 Å². The number of aromatic hydroxyl groups is 1. The lowest BCUT2D eigenvalue weighted by atomic mass is 10.0. The predicted octanol–water partition coefficient (Wildman–Crippen LogP) is 2.60. The van der Waals surface area contributed by atoms with Gasteiger partial charge >= 0.3 is 0 Å². The molecule has 1 aromatic rings. The Hall–Kier alpha value is -1.31. The molecule has 2 heteroatoms. The van der Waals surface area contributed by atoms with Crippen LogP contribution < -0.4 is 0 Å². The molecule has 0 amide bonds. The summed E-state index contributed by atoms with van der Waals surface area (Å²) in [5.74, 6) is 0.434. The van der Waals surface area contributed by atoms with E-state index in [0.717, 1.165) is 24.0 Å². The third-order valence-corrected chi connectivity index (χ3v) is 2.66. The first-order valence-corrected chi connectivity index (χ1v) is 4.94. The molecule has 0 bridgehead atoms. The van der Waals surface area contributed by atoms with Crippen molar-refractivity contribution in [3.05, 3.63) is 28.8 Å². The van der Waals surface area contributed by atoms with E-state index in [4.69, 9.17) is 0 Å². The number of rotatable bonds is 2. The molecule has 1 aliphatic rings. The first-order chi connectivity index (χ1) is 6.59. The van der Waals surface area contributed by atoms with E-state index in [1.165, 1.54) is 0 Å². The van der Waals surface area contributed by atoms with E-state index in [2.05, 4.69) is 0 Å². The zero-order chi connectivity index (χ0) is 10.3. The summed E-state index contributed by atoms with van der Waals surface area (Å²) in [4.78, 5) is 11.8. The maximum atomic E-state index is 11.8. The van der Waals surface area contributed by atoms with E-state index in [0.29, 0.717) is 5.56 Å². The summed E-state index contributed by atoms with van der Waals surface area (Å²) in [5.41, 5.74) is 2.32. The third kappa shape index (κ3) is 1.52. The Kier molecular flexibility index (Phi) is 2.06. The Labute approximate surface area is 83.6 Å². The van der Waals surface area contributed by atoms with Crippen molar-refractivity contribution in [3.8, 4) is 5.75 Å². The Bertz CT molecular complexity index is 390. The monoisotopic (exact) mass is 190 g/mol. The fourth-order valence-electron chi connectivity index (χ4n) is 1.71. The molecule has 0 atom stereocenters. The van der Waals surface area contributed by atoms with E-state index in [1.807, 2.05) is 19.9 Å². The molecular weight excluding hydrogens is 176 g/mol. The molecule has 1 aromatic carbocycles. The molecule has 1 aliphatic carbocycles. The second-order valence-corrected chi connectivity index (χ2v) is 4.12. The van der Waals surface area contributed by atoms with Crippen LogP contribution in [0.1, 0.15) is 34.3 Å². The van der Waals surface area contributed by atoms with E-state index in [-0.39, 0.29) is 17.5 Å². The van der Waals surface area contributed by atoms with Crippen LogP contribution in [0.15, 0.2) is 12.1 Å². The van der Waals surface area contributed by atoms with Crippen molar-refractivity contribution in [3.63, 3.8) is 0 Å². The largest absolute Gasteiger partial charge is 0.507 e. The van der Waals surface area contributed by atoms with Gasteiger partial charge in [-0.25, -0.2) is 0 Å². The smallest absolute Gasteiger partial charge is 0.169 e. The number of aryl methyl sites for hydroxylation is 2. The quantitative estimate of drug-likeness (QED) is 0.728. The first-order valence-electron chi connectivity index (χ1n) is 4.94. The molecule has 0 unspecified atom stereocenters. The SMILES string of the molecule is Cc1cc(C)c(O)c(C(=O)C2CC2)c1. The molecule has 2 rings (SSSR count). The van der Waals surface area contributed by atoms with Gasteiger partial charge in [-0.15, -0.1) is 0 Å². The van der Waals surface area contributed by atoms with Gasteiger partial charge in [-0.05, 0) is 43.9 Å². The van der Waals surface area contributed by atoms with Crippen LogP contribution in [-0.2, 0) is 0 Å². The highest BCUT2D eigenvalue weighted by atomic mass is 16.3. The van der Waals surface area contributed by atoms with E-state index in [1.54, 1.807) is 6.07 Å². The second-order valence-electron chi connectivity index (χ2n) is 4.12. The number of phenols is 1. The average Bonchev–Trinajstić information content (AvgIpc) is 2.93. The molecule has 0 spiro atoms. The summed E-state index contributed by atoms with van der Waals surface area (Å²) in [5, 5.41) is 9.75. The summed E-state index contributed by atoms with van der Waals surface area (Å²) in [6, 6.07) is 3.67. The van der Waals surface area contributed by atoms with E-state index >= 15 is 0 Å². The first kappa shape index (κ1) is 9.25. The Morgan fingerprint density at radius 2 is 2.00 bits per heavy atom. The number of Topliss-reactive ketones (excluding diaryl/α,β-unsaturated/α-hetero) is 1. The lowest BCUT2D eigenvalue weighted by Crippen LogP contribution is -2.03. The maximum absolute atomic E-state index is 11.8. The van der Waals surface area contributed by atoms with Gasteiger partial charge in [0.25, 0.3) is 0 Å². The third-order valence-electron chi connectivity index (χ3n) is 2.66. The zero-order valence-corrected chi connectivity index (χ0v) is 8.50. The Morgan fingerprint density at radius 1 is 1.36 bits per heavy atom. The van der Waals surface area contributed by atoms with Crippen LogP contribution in [-0.4, -0.2) is 10.9 Å². The number of carbonyl (C=O) groups excluding carboxylic acids is 1. The minimum Gasteiger partial charge on any atom is -0.507 e. The van der Waals surface area contributed by atoms with Gasteiger partial charge in [0.2, 0.25) is 0 Å². The lowest BCUT2D eigenvalue weighted by Gasteiger charge is -2.07. The van der Waals surface area contributed by atoms with Crippen LogP contribution in [0.5, 0.6) is 5.75 Å². The summed E-state index contributed by atoms with van der Waals surface area (Å²) in [6.07, 6.45) is 1.95. The molecule has 2 nitrogen and oxygen atoms in total. The van der Waals surface area contributed by atoms with Crippen LogP contribution in [0, 0.1) is 19.8 Å². The minimum absolute atomic E-state index is 0.106. The normalized spacial score (nSPS) is 15.6. The molecule has 0 heterocycles. The number of hydrogen-bond acceptors (Lipinski definition) is 2. The molecule has 0 saturated heterocycles. The molecule has 14 heavy (non-hydrogen) atoms.